The predicted molar refractivity (Wildman–Crippen MR) is 88.9 cm³/mol. The third kappa shape index (κ3) is 3.46. The molecule has 128 valence electrons. The lowest BCUT2D eigenvalue weighted by Crippen LogP contribution is -2.40. The van der Waals surface area contributed by atoms with Crippen molar-refractivity contribution in [1.82, 2.24) is 25.5 Å². The molecule has 1 aliphatic rings. The first-order valence-corrected chi connectivity index (χ1v) is 8.28. The number of hydrogen-bond acceptors (Lipinski definition) is 5. The zero-order valence-electron chi connectivity index (χ0n) is 14.0. The Labute approximate surface area is 141 Å². The lowest BCUT2D eigenvalue weighted by Gasteiger charge is -2.20. The number of benzene rings is 1. The van der Waals surface area contributed by atoms with Crippen LogP contribution in [0.2, 0.25) is 0 Å². The van der Waals surface area contributed by atoms with Crippen LogP contribution in [0.1, 0.15) is 32.7 Å². The third-order valence-corrected chi connectivity index (χ3v) is 4.54. The SMILES string of the molecule is CC(C)C(C(=O)NCC1(CO)CC1)n1nnc(-c2ccccc2)n1. The summed E-state index contributed by atoms with van der Waals surface area (Å²) < 4.78 is 0. The predicted octanol–water partition coefficient (Wildman–Crippen LogP) is 1.43. The molecule has 1 amide bonds. The second-order valence-electron chi connectivity index (χ2n) is 6.86. The van der Waals surface area contributed by atoms with Gasteiger partial charge in [-0.05, 0) is 24.0 Å². The monoisotopic (exact) mass is 329 g/mol. The molecule has 7 nitrogen and oxygen atoms in total. The minimum absolute atomic E-state index is 0.0205. The summed E-state index contributed by atoms with van der Waals surface area (Å²) in [6, 6.07) is 9.03. The van der Waals surface area contributed by atoms with Crippen molar-refractivity contribution < 1.29 is 9.90 Å². The molecule has 1 heterocycles. The first-order valence-electron chi connectivity index (χ1n) is 8.28. The van der Waals surface area contributed by atoms with Crippen molar-refractivity contribution in [2.45, 2.75) is 32.7 Å². The Balaban J connectivity index is 1.74. The van der Waals surface area contributed by atoms with Gasteiger partial charge < -0.3 is 10.4 Å². The van der Waals surface area contributed by atoms with Gasteiger partial charge in [0.25, 0.3) is 0 Å². The van der Waals surface area contributed by atoms with Gasteiger partial charge in [0.2, 0.25) is 11.7 Å². The van der Waals surface area contributed by atoms with Crippen LogP contribution in [0.4, 0.5) is 0 Å². The molecule has 3 rings (SSSR count). The molecule has 1 aliphatic carbocycles. The van der Waals surface area contributed by atoms with Gasteiger partial charge in [-0.1, -0.05) is 44.2 Å². The van der Waals surface area contributed by atoms with Gasteiger partial charge >= 0.3 is 0 Å². The number of carbonyl (C=O) groups is 1. The Morgan fingerprint density at radius 1 is 1.33 bits per heavy atom. The van der Waals surface area contributed by atoms with E-state index in [0.717, 1.165) is 18.4 Å². The maximum absolute atomic E-state index is 12.6. The van der Waals surface area contributed by atoms with Crippen molar-refractivity contribution in [2.24, 2.45) is 11.3 Å². The maximum Gasteiger partial charge on any atom is 0.247 e. The first kappa shape index (κ1) is 16.6. The Morgan fingerprint density at radius 2 is 2.04 bits per heavy atom. The van der Waals surface area contributed by atoms with Gasteiger partial charge in [0.1, 0.15) is 0 Å². The molecule has 1 saturated carbocycles. The number of rotatable bonds is 7. The quantitative estimate of drug-likeness (QED) is 0.801. The summed E-state index contributed by atoms with van der Waals surface area (Å²) in [5, 5.41) is 24.8. The summed E-state index contributed by atoms with van der Waals surface area (Å²) in [4.78, 5) is 14.0. The van der Waals surface area contributed by atoms with Crippen molar-refractivity contribution in [1.29, 1.82) is 0 Å². The largest absolute Gasteiger partial charge is 0.396 e. The Morgan fingerprint density at radius 3 is 2.62 bits per heavy atom. The third-order valence-electron chi connectivity index (χ3n) is 4.54. The highest BCUT2D eigenvalue weighted by atomic mass is 16.3. The van der Waals surface area contributed by atoms with Crippen molar-refractivity contribution in [3.05, 3.63) is 30.3 Å². The number of carbonyl (C=O) groups excluding carboxylic acids is 1. The van der Waals surface area contributed by atoms with Crippen molar-refractivity contribution in [3.8, 4) is 11.4 Å². The van der Waals surface area contributed by atoms with Gasteiger partial charge in [0, 0.05) is 17.5 Å². The van der Waals surface area contributed by atoms with Gasteiger partial charge in [0.05, 0.1) is 6.61 Å². The minimum atomic E-state index is -0.524. The molecule has 1 unspecified atom stereocenters. The molecule has 1 aromatic carbocycles. The van der Waals surface area contributed by atoms with E-state index in [1.807, 2.05) is 44.2 Å². The highest BCUT2D eigenvalue weighted by molar-refractivity contribution is 5.80. The summed E-state index contributed by atoms with van der Waals surface area (Å²) in [6.45, 7) is 4.51. The lowest BCUT2D eigenvalue weighted by atomic mass is 10.0. The van der Waals surface area contributed by atoms with Crippen LogP contribution in [0.15, 0.2) is 30.3 Å². The van der Waals surface area contributed by atoms with Crippen molar-refractivity contribution in [3.63, 3.8) is 0 Å². The smallest absolute Gasteiger partial charge is 0.247 e. The average molecular weight is 329 g/mol. The maximum atomic E-state index is 12.6. The van der Waals surface area contributed by atoms with Crippen LogP contribution in [-0.4, -0.2) is 44.4 Å². The van der Waals surface area contributed by atoms with E-state index in [0.29, 0.717) is 12.4 Å². The van der Waals surface area contributed by atoms with Crippen molar-refractivity contribution >= 4 is 5.91 Å². The van der Waals surface area contributed by atoms with Crippen LogP contribution in [0, 0.1) is 11.3 Å². The van der Waals surface area contributed by atoms with Gasteiger partial charge in [0.15, 0.2) is 6.04 Å². The van der Waals surface area contributed by atoms with E-state index >= 15 is 0 Å². The molecular weight excluding hydrogens is 306 g/mol. The first-order chi connectivity index (χ1) is 11.5. The number of amides is 1. The molecule has 0 radical (unpaired) electrons. The number of aromatic nitrogens is 4. The summed E-state index contributed by atoms with van der Waals surface area (Å²) in [6.07, 6.45) is 1.91. The van der Waals surface area contributed by atoms with E-state index in [4.69, 9.17) is 0 Å². The van der Waals surface area contributed by atoms with E-state index in [1.54, 1.807) is 0 Å². The molecule has 0 aliphatic heterocycles. The molecule has 0 bridgehead atoms. The van der Waals surface area contributed by atoms with Crippen molar-refractivity contribution in [2.75, 3.05) is 13.2 Å². The summed E-state index contributed by atoms with van der Waals surface area (Å²) in [5.74, 6) is 0.386. The zero-order valence-corrected chi connectivity index (χ0v) is 14.0. The standard InChI is InChI=1S/C17H23N5O2/c1-12(2)14(16(24)18-10-17(11-23)8-9-17)22-20-15(19-21-22)13-6-4-3-5-7-13/h3-7,12,14,23H,8-11H2,1-2H3,(H,18,24). The normalized spacial score (nSPS) is 16.8. The molecule has 1 fully saturated rings. The highest BCUT2D eigenvalue weighted by Gasteiger charge is 2.42. The fourth-order valence-electron chi connectivity index (χ4n) is 2.67. The second-order valence-corrected chi connectivity index (χ2v) is 6.86. The Kier molecular flexibility index (Phi) is 4.62. The summed E-state index contributed by atoms with van der Waals surface area (Å²) in [7, 11) is 0. The summed E-state index contributed by atoms with van der Waals surface area (Å²) in [5.41, 5.74) is 0.742. The Bertz CT molecular complexity index is 694. The van der Waals surface area contributed by atoms with Gasteiger partial charge in [-0.2, -0.15) is 4.80 Å². The fourth-order valence-corrected chi connectivity index (χ4v) is 2.67. The van der Waals surface area contributed by atoms with Crippen LogP contribution in [0.3, 0.4) is 0 Å². The number of tetrazole rings is 1. The highest BCUT2D eigenvalue weighted by Crippen LogP contribution is 2.44. The molecule has 24 heavy (non-hydrogen) atoms. The van der Waals surface area contributed by atoms with Gasteiger partial charge in [-0.3, -0.25) is 4.79 Å². The van der Waals surface area contributed by atoms with E-state index in [1.165, 1.54) is 4.80 Å². The van der Waals surface area contributed by atoms with Crippen LogP contribution in [-0.2, 0) is 4.79 Å². The Hall–Kier alpha value is -2.28. The number of nitrogens with one attached hydrogen (secondary N) is 1. The minimum Gasteiger partial charge on any atom is -0.396 e. The number of nitrogens with zero attached hydrogens (tertiary/aromatic N) is 4. The fraction of sp³-hybridized carbons (Fsp3) is 0.529. The average Bonchev–Trinajstić information content (AvgIpc) is 3.22. The van der Waals surface area contributed by atoms with Crippen LogP contribution in [0.5, 0.6) is 0 Å². The zero-order chi connectivity index (χ0) is 17.2. The van der Waals surface area contributed by atoms with E-state index in [9.17, 15) is 9.90 Å². The molecule has 1 atom stereocenters. The summed E-state index contributed by atoms with van der Waals surface area (Å²) >= 11 is 0. The lowest BCUT2D eigenvalue weighted by molar-refractivity contribution is -0.126. The van der Waals surface area contributed by atoms with Gasteiger partial charge in [-0.25, -0.2) is 0 Å². The van der Waals surface area contributed by atoms with E-state index < -0.39 is 6.04 Å². The second kappa shape index (κ2) is 6.68. The number of hydrogen-bond donors (Lipinski definition) is 2. The molecule has 1 aromatic heterocycles. The molecule has 2 aromatic rings. The molecule has 2 N–H and O–H groups in total. The number of aliphatic hydroxyl groups excluding tert-OH is 1. The molecule has 0 spiro atoms. The molecule has 7 heteroatoms. The van der Waals surface area contributed by atoms with Crippen LogP contribution >= 0.6 is 0 Å². The topological polar surface area (TPSA) is 92.9 Å². The molecular formula is C17H23N5O2. The van der Waals surface area contributed by atoms with Gasteiger partial charge in [-0.15, -0.1) is 10.2 Å². The van der Waals surface area contributed by atoms with E-state index in [2.05, 4.69) is 20.7 Å². The van der Waals surface area contributed by atoms with Crippen LogP contribution < -0.4 is 5.32 Å². The van der Waals surface area contributed by atoms with E-state index in [-0.39, 0.29) is 23.8 Å². The number of aliphatic hydroxyl groups is 1. The van der Waals surface area contributed by atoms with Crippen LogP contribution in [0.25, 0.3) is 11.4 Å². The molecule has 0 saturated heterocycles.